The summed E-state index contributed by atoms with van der Waals surface area (Å²) >= 11 is 0. The molecule has 216 valence electrons. The zero-order valence-corrected chi connectivity index (χ0v) is 21.7. The first-order chi connectivity index (χ1) is 18.6. The minimum atomic E-state index is -4.86. The highest BCUT2D eigenvalue weighted by molar-refractivity contribution is 6.01. The number of carbonyl (C=O) groups excluding carboxylic acids is 4. The Hall–Kier alpha value is -4.37. The number of rotatable bonds is 7. The maximum atomic E-state index is 13.3. The van der Waals surface area contributed by atoms with Gasteiger partial charge >= 0.3 is 17.8 Å². The number of amides is 3. The molecule has 0 aromatic heterocycles. The SMILES string of the molecule is C=C1NC(=O)[C@H](CCCc2ccc(C3(C(F)(F)F)N=N3)cc2[N+](=O)[O-])NC(=O)[C@H](C(C)C)OC(=O)[C@H](C)NC1=O. The summed E-state index contributed by atoms with van der Waals surface area (Å²) in [5.41, 5.74) is -4.22. The summed E-state index contributed by atoms with van der Waals surface area (Å²) in [5, 5.41) is 24.8. The summed E-state index contributed by atoms with van der Waals surface area (Å²) < 4.78 is 45.3. The van der Waals surface area contributed by atoms with E-state index in [1.54, 1.807) is 13.8 Å². The van der Waals surface area contributed by atoms with Gasteiger partial charge in [0.2, 0.25) is 5.91 Å². The van der Waals surface area contributed by atoms with E-state index in [0.717, 1.165) is 18.2 Å². The normalized spacial score (nSPS) is 23.4. The van der Waals surface area contributed by atoms with Crippen molar-refractivity contribution in [3.63, 3.8) is 0 Å². The van der Waals surface area contributed by atoms with Gasteiger partial charge in [-0.05, 0) is 32.1 Å². The van der Waals surface area contributed by atoms with Crippen molar-refractivity contribution in [2.24, 2.45) is 16.1 Å². The van der Waals surface area contributed by atoms with E-state index in [1.165, 1.54) is 6.92 Å². The number of cyclic esters (lactones) is 1. The Bertz CT molecular complexity index is 1270. The van der Waals surface area contributed by atoms with Crippen LogP contribution in [0.3, 0.4) is 0 Å². The zero-order chi connectivity index (χ0) is 30.0. The largest absolute Gasteiger partial charge is 0.450 e. The second-order valence-electron chi connectivity index (χ2n) is 9.69. The van der Waals surface area contributed by atoms with Crippen molar-refractivity contribution in [2.45, 2.75) is 70.1 Å². The van der Waals surface area contributed by atoms with Crippen LogP contribution >= 0.6 is 0 Å². The number of nitro benzene ring substituents is 1. The third kappa shape index (κ3) is 6.43. The van der Waals surface area contributed by atoms with Gasteiger partial charge in [0.05, 0.1) is 10.6 Å². The molecular weight excluding hydrogens is 541 g/mol. The van der Waals surface area contributed by atoms with E-state index in [9.17, 15) is 42.5 Å². The van der Waals surface area contributed by atoms with Crippen LogP contribution in [-0.4, -0.2) is 53.0 Å². The van der Waals surface area contributed by atoms with Gasteiger partial charge in [0.15, 0.2) is 6.10 Å². The van der Waals surface area contributed by atoms with Gasteiger partial charge in [-0.1, -0.05) is 32.6 Å². The van der Waals surface area contributed by atoms with E-state index in [0.29, 0.717) is 0 Å². The highest BCUT2D eigenvalue weighted by Gasteiger charge is 2.65. The van der Waals surface area contributed by atoms with Crippen LogP contribution in [0.4, 0.5) is 18.9 Å². The summed E-state index contributed by atoms with van der Waals surface area (Å²) in [6.07, 6.45) is -6.25. The van der Waals surface area contributed by atoms with Crippen molar-refractivity contribution >= 4 is 29.4 Å². The number of carbonyl (C=O) groups is 4. The molecule has 1 aromatic carbocycles. The summed E-state index contributed by atoms with van der Waals surface area (Å²) in [4.78, 5) is 61.3. The number of benzene rings is 1. The minimum absolute atomic E-state index is 0.0505. The molecule has 40 heavy (non-hydrogen) atoms. The molecule has 3 rings (SSSR count). The van der Waals surface area contributed by atoms with Crippen LogP contribution in [-0.2, 0) is 36.0 Å². The number of esters is 1. The Balaban J connectivity index is 1.80. The summed E-state index contributed by atoms with van der Waals surface area (Å²) in [7, 11) is 0. The van der Waals surface area contributed by atoms with Crippen molar-refractivity contribution in [1.82, 2.24) is 16.0 Å². The molecule has 1 saturated heterocycles. The lowest BCUT2D eigenvalue weighted by atomic mass is 9.96. The summed E-state index contributed by atoms with van der Waals surface area (Å²) in [5.74, 6) is -3.83. The number of nitro groups is 1. The maximum absolute atomic E-state index is 13.3. The van der Waals surface area contributed by atoms with Crippen LogP contribution in [0, 0.1) is 16.0 Å². The van der Waals surface area contributed by atoms with Crippen LogP contribution < -0.4 is 16.0 Å². The third-order valence-corrected chi connectivity index (χ3v) is 6.31. The van der Waals surface area contributed by atoms with Gasteiger partial charge in [0, 0.05) is 17.2 Å². The number of halogens is 3. The third-order valence-electron chi connectivity index (χ3n) is 6.31. The average Bonchev–Trinajstić information content (AvgIpc) is 3.68. The van der Waals surface area contributed by atoms with Crippen LogP contribution in [0.1, 0.15) is 44.7 Å². The molecule has 16 heteroatoms. The minimum Gasteiger partial charge on any atom is -0.450 e. The lowest BCUT2D eigenvalue weighted by Gasteiger charge is -2.27. The Labute approximate surface area is 225 Å². The number of hydrogen-bond acceptors (Lipinski definition) is 9. The molecule has 1 aromatic rings. The summed E-state index contributed by atoms with van der Waals surface area (Å²) in [6.45, 7) is 8.01. The second kappa shape index (κ2) is 11.4. The molecule has 2 aliphatic rings. The molecule has 0 unspecified atom stereocenters. The fraction of sp³-hybridized carbons (Fsp3) is 0.500. The number of aryl methyl sites for hydroxylation is 1. The molecule has 13 nitrogen and oxygen atoms in total. The Morgan fingerprint density at radius 2 is 1.80 bits per heavy atom. The fourth-order valence-corrected chi connectivity index (χ4v) is 3.98. The van der Waals surface area contributed by atoms with Gasteiger partial charge in [0.25, 0.3) is 17.5 Å². The molecule has 0 saturated carbocycles. The van der Waals surface area contributed by atoms with Crippen molar-refractivity contribution in [1.29, 1.82) is 0 Å². The van der Waals surface area contributed by atoms with E-state index in [-0.39, 0.29) is 24.8 Å². The lowest BCUT2D eigenvalue weighted by Crippen LogP contribution is -2.54. The number of nitrogens with one attached hydrogen (secondary N) is 3. The Morgan fingerprint density at radius 3 is 2.35 bits per heavy atom. The van der Waals surface area contributed by atoms with Crippen molar-refractivity contribution in [3.8, 4) is 0 Å². The Kier molecular flexibility index (Phi) is 8.60. The van der Waals surface area contributed by atoms with E-state index in [1.807, 2.05) is 0 Å². The highest BCUT2D eigenvalue weighted by Crippen LogP contribution is 2.53. The molecule has 3 N–H and O–H groups in total. The van der Waals surface area contributed by atoms with Crippen molar-refractivity contribution in [2.75, 3.05) is 0 Å². The van der Waals surface area contributed by atoms with E-state index < -0.39 is 81.5 Å². The van der Waals surface area contributed by atoms with Crippen molar-refractivity contribution in [3.05, 3.63) is 51.7 Å². The van der Waals surface area contributed by atoms with Crippen molar-refractivity contribution < 1.29 is 42.0 Å². The predicted octanol–water partition coefficient (Wildman–Crippen LogP) is 2.30. The van der Waals surface area contributed by atoms with Crippen LogP contribution in [0.25, 0.3) is 0 Å². The predicted molar refractivity (Wildman–Crippen MR) is 130 cm³/mol. The smallest absolute Gasteiger partial charge is 0.442 e. The average molecular weight is 569 g/mol. The first kappa shape index (κ1) is 30.2. The standard InChI is InChI=1S/C24H27F3N6O7/c1-11(2)18-21(36)30-16(20(35)28-12(3)19(34)29-13(4)22(37)40-18)7-5-6-14-8-9-15(10-17(14)33(38)39)23(31-32-23)24(25,26)27/h8-11,13,16,18H,3,5-7H2,1-2,4H3,(H,28,35)(H,29,34)(H,30,36)/t13-,16-,18-/m0/s1. The summed E-state index contributed by atoms with van der Waals surface area (Å²) in [6, 6.07) is 0.556. The van der Waals surface area contributed by atoms with E-state index >= 15 is 0 Å². The lowest BCUT2D eigenvalue weighted by molar-refractivity contribution is -0.385. The highest BCUT2D eigenvalue weighted by atomic mass is 19.4. The van der Waals surface area contributed by atoms with Gasteiger partial charge in [-0.2, -0.15) is 13.2 Å². The number of ether oxygens (including phenoxy) is 1. The molecule has 2 aliphatic heterocycles. The molecule has 0 bridgehead atoms. The topological polar surface area (TPSA) is 181 Å². The molecule has 3 amide bonds. The Morgan fingerprint density at radius 1 is 1.15 bits per heavy atom. The number of alkyl halides is 3. The monoisotopic (exact) mass is 568 g/mol. The van der Waals surface area contributed by atoms with Gasteiger partial charge < -0.3 is 20.7 Å². The van der Waals surface area contributed by atoms with Crippen LogP contribution in [0.5, 0.6) is 0 Å². The maximum Gasteiger partial charge on any atom is 0.442 e. The fourth-order valence-electron chi connectivity index (χ4n) is 3.98. The second-order valence-corrected chi connectivity index (χ2v) is 9.69. The molecule has 0 spiro atoms. The molecular formula is C24H27F3N6O7. The van der Waals surface area contributed by atoms with Crippen LogP contribution in [0.15, 0.2) is 40.7 Å². The first-order valence-corrected chi connectivity index (χ1v) is 12.2. The van der Waals surface area contributed by atoms with Gasteiger partial charge in [-0.15, -0.1) is 10.2 Å². The molecule has 3 atom stereocenters. The number of hydrogen-bond donors (Lipinski definition) is 3. The first-order valence-electron chi connectivity index (χ1n) is 12.2. The van der Waals surface area contributed by atoms with Gasteiger partial charge in [-0.3, -0.25) is 24.5 Å². The number of nitrogens with zero attached hydrogens (tertiary/aromatic N) is 3. The molecule has 2 heterocycles. The molecule has 0 aliphatic carbocycles. The van der Waals surface area contributed by atoms with E-state index in [2.05, 4.69) is 32.8 Å². The quantitative estimate of drug-likeness (QED) is 0.195. The zero-order valence-electron chi connectivity index (χ0n) is 21.7. The van der Waals surface area contributed by atoms with Crippen LogP contribution in [0.2, 0.25) is 0 Å². The molecule has 0 radical (unpaired) electrons. The molecule has 1 fully saturated rings. The van der Waals surface area contributed by atoms with Gasteiger partial charge in [0.1, 0.15) is 12.1 Å². The van der Waals surface area contributed by atoms with Gasteiger partial charge in [-0.25, -0.2) is 4.79 Å². The van der Waals surface area contributed by atoms with E-state index in [4.69, 9.17) is 4.74 Å².